The summed E-state index contributed by atoms with van der Waals surface area (Å²) in [4.78, 5) is 29.0. The third-order valence-electron chi connectivity index (χ3n) is 4.23. The molecule has 2 aromatic rings. The zero-order chi connectivity index (χ0) is 19.6. The molecule has 6 nitrogen and oxygen atoms in total. The van der Waals surface area contributed by atoms with Crippen molar-refractivity contribution in [3.05, 3.63) is 59.5 Å². The third kappa shape index (κ3) is 3.57. The average molecular weight is 378 g/mol. The predicted octanol–water partition coefficient (Wildman–Crippen LogP) is 2.80. The van der Waals surface area contributed by atoms with Crippen LogP contribution in [-0.2, 0) is 13.0 Å². The summed E-state index contributed by atoms with van der Waals surface area (Å²) in [6.07, 6.45) is 3.71. The van der Waals surface area contributed by atoms with E-state index in [1.165, 1.54) is 6.08 Å². The van der Waals surface area contributed by atoms with Crippen LogP contribution in [0, 0.1) is 17.5 Å². The van der Waals surface area contributed by atoms with Gasteiger partial charge in [0, 0.05) is 13.1 Å². The van der Waals surface area contributed by atoms with Crippen LogP contribution >= 0.6 is 0 Å². The number of carbonyl (C=O) groups is 2. The molecule has 0 bridgehead atoms. The van der Waals surface area contributed by atoms with Crippen LogP contribution in [0.4, 0.5) is 18.9 Å². The second-order valence-corrected chi connectivity index (χ2v) is 6.02. The van der Waals surface area contributed by atoms with Crippen LogP contribution in [0.2, 0.25) is 0 Å². The number of benzene rings is 1. The number of hydrogen-bond donors (Lipinski definition) is 2. The lowest BCUT2D eigenvalue weighted by Crippen LogP contribution is -2.25. The van der Waals surface area contributed by atoms with Crippen molar-refractivity contribution in [3.8, 4) is 0 Å². The summed E-state index contributed by atoms with van der Waals surface area (Å²) in [5, 5.41) is 4.80. The highest BCUT2D eigenvalue weighted by Gasteiger charge is 2.28. The molecule has 1 aliphatic heterocycles. The van der Waals surface area contributed by atoms with Crippen LogP contribution in [-0.4, -0.2) is 27.9 Å². The molecule has 2 heterocycles. The highest BCUT2D eigenvalue weighted by atomic mass is 19.2. The molecule has 3 rings (SSSR count). The van der Waals surface area contributed by atoms with Gasteiger partial charge in [0.25, 0.3) is 11.8 Å². The molecule has 0 aliphatic carbocycles. The first-order valence-electron chi connectivity index (χ1n) is 8.37. The first-order valence-corrected chi connectivity index (χ1v) is 8.37. The van der Waals surface area contributed by atoms with E-state index in [0.29, 0.717) is 24.7 Å². The predicted molar refractivity (Wildman–Crippen MR) is 92.0 cm³/mol. The Bertz CT molecular complexity index is 924. The number of amides is 2. The van der Waals surface area contributed by atoms with E-state index >= 15 is 0 Å². The number of nitrogens with zero attached hydrogens (tertiary/aromatic N) is 2. The van der Waals surface area contributed by atoms with Gasteiger partial charge in [0.15, 0.2) is 23.3 Å². The van der Waals surface area contributed by atoms with E-state index in [4.69, 9.17) is 0 Å². The third-order valence-corrected chi connectivity index (χ3v) is 4.23. The average Bonchev–Trinajstić information content (AvgIpc) is 3.06. The van der Waals surface area contributed by atoms with Crippen molar-refractivity contribution in [3.63, 3.8) is 0 Å². The molecule has 0 atom stereocenters. The van der Waals surface area contributed by atoms with Crippen LogP contribution in [0.25, 0.3) is 0 Å². The fourth-order valence-corrected chi connectivity index (χ4v) is 2.95. The SMILES string of the molecule is C=CCNC(=O)c1nc(C(=O)Nc2ccc(F)c(F)c2F)n2c1CCCC2. The van der Waals surface area contributed by atoms with Gasteiger partial charge < -0.3 is 15.2 Å². The summed E-state index contributed by atoms with van der Waals surface area (Å²) >= 11 is 0. The molecule has 1 aliphatic rings. The molecule has 0 unspecified atom stereocenters. The van der Waals surface area contributed by atoms with E-state index in [1.54, 1.807) is 4.57 Å². The maximum Gasteiger partial charge on any atom is 0.291 e. The molecule has 0 saturated heterocycles. The van der Waals surface area contributed by atoms with E-state index in [2.05, 4.69) is 22.2 Å². The van der Waals surface area contributed by atoms with Gasteiger partial charge in [-0.25, -0.2) is 18.2 Å². The number of hydrogen-bond acceptors (Lipinski definition) is 3. The van der Waals surface area contributed by atoms with Gasteiger partial charge in [-0.15, -0.1) is 6.58 Å². The van der Waals surface area contributed by atoms with Gasteiger partial charge in [-0.2, -0.15) is 0 Å². The Balaban J connectivity index is 1.93. The van der Waals surface area contributed by atoms with E-state index in [0.717, 1.165) is 18.9 Å². The number of imidazole rings is 1. The van der Waals surface area contributed by atoms with E-state index in [9.17, 15) is 22.8 Å². The second kappa shape index (κ2) is 7.65. The van der Waals surface area contributed by atoms with Crippen molar-refractivity contribution in [2.45, 2.75) is 25.8 Å². The van der Waals surface area contributed by atoms with Crippen molar-refractivity contribution >= 4 is 17.5 Å². The van der Waals surface area contributed by atoms with Crippen molar-refractivity contribution in [2.75, 3.05) is 11.9 Å². The van der Waals surface area contributed by atoms with Gasteiger partial charge in [0.2, 0.25) is 0 Å². The fraction of sp³-hybridized carbons (Fsp3) is 0.278. The first-order chi connectivity index (χ1) is 12.9. The molecule has 142 valence electrons. The molecular weight excluding hydrogens is 361 g/mol. The summed E-state index contributed by atoms with van der Waals surface area (Å²) in [7, 11) is 0. The van der Waals surface area contributed by atoms with Crippen molar-refractivity contribution in [1.82, 2.24) is 14.9 Å². The number of fused-ring (bicyclic) bond motifs is 1. The molecule has 0 radical (unpaired) electrons. The van der Waals surface area contributed by atoms with E-state index in [-0.39, 0.29) is 18.1 Å². The minimum absolute atomic E-state index is 0.0856. The quantitative estimate of drug-likeness (QED) is 0.621. The molecule has 0 fully saturated rings. The minimum Gasteiger partial charge on any atom is -0.347 e. The van der Waals surface area contributed by atoms with Gasteiger partial charge >= 0.3 is 0 Å². The number of halogens is 3. The van der Waals surface area contributed by atoms with Crippen LogP contribution in [0.3, 0.4) is 0 Å². The first kappa shape index (κ1) is 18.7. The Hall–Kier alpha value is -3.10. The van der Waals surface area contributed by atoms with E-state index < -0.39 is 35.0 Å². The van der Waals surface area contributed by atoms with Gasteiger partial charge in [0.1, 0.15) is 5.69 Å². The normalized spacial score (nSPS) is 13.0. The molecule has 9 heteroatoms. The maximum atomic E-state index is 13.8. The number of anilines is 1. The second-order valence-electron chi connectivity index (χ2n) is 6.02. The summed E-state index contributed by atoms with van der Waals surface area (Å²) in [6.45, 7) is 4.23. The topological polar surface area (TPSA) is 76.0 Å². The number of rotatable bonds is 5. The van der Waals surface area contributed by atoms with Gasteiger partial charge in [-0.1, -0.05) is 6.08 Å². The molecule has 1 aromatic carbocycles. The highest BCUT2D eigenvalue weighted by molar-refractivity contribution is 6.03. The zero-order valence-electron chi connectivity index (χ0n) is 14.3. The highest BCUT2D eigenvalue weighted by Crippen LogP contribution is 2.24. The van der Waals surface area contributed by atoms with Gasteiger partial charge in [-0.3, -0.25) is 9.59 Å². The number of carbonyl (C=O) groups excluding carboxylic acids is 2. The van der Waals surface area contributed by atoms with Crippen molar-refractivity contribution in [2.24, 2.45) is 0 Å². The fourth-order valence-electron chi connectivity index (χ4n) is 2.95. The number of nitrogens with one attached hydrogen (secondary N) is 2. The lowest BCUT2D eigenvalue weighted by Gasteiger charge is -2.17. The molecule has 1 aromatic heterocycles. The molecule has 0 spiro atoms. The number of aromatic nitrogens is 2. The lowest BCUT2D eigenvalue weighted by atomic mass is 10.1. The van der Waals surface area contributed by atoms with Crippen LogP contribution in [0.5, 0.6) is 0 Å². The molecular formula is C18H17F3N4O2. The Morgan fingerprint density at radius 1 is 1.19 bits per heavy atom. The monoisotopic (exact) mass is 378 g/mol. The van der Waals surface area contributed by atoms with Crippen LogP contribution in [0.1, 0.15) is 39.6 Å². The Morgan fingerprint density at radius 3 is 2.70 bits per heavy atom. The Kier molecular flexibility index (Phi) is 5.29. The largest absolute Gasteiger partial charge is 0.347 e. The Morgan fingerprint density at radius 2 is 1.96 bits per heavy atom. The van der Waals surface area contributed by atoms with Gasteiger partial charge in [0.05, 0.1) is 11.4 Å². The Labute approximate surface area is 153 Å². The van der Waals surface area contributed by atoms with Crippen molar-refractivity contribution < 1.29 is 22.8 Å². The van der Waals surface area contributed by atoms with Crippen molar-refractivity contribution in [1.29, 1.82) is 0 Å². The molecule has 2 N–H and O–H groups in total. The van der Waals surface area contributed by atoms with Gasteiger partial charge in [-0.05, 0) is 31.4 Å². The smallest absolute Gasteiger partial charge is 0.291 e. The van der Waals surface area contributed by atoms with Crippen LogP contribution in [0.15, 0.2) is 24.8 Å². The summed E-state index contributed by atoms with van der Waals surface area (Å²) < 4.78 is 41.8. The lowest BCUT2D eigenvalue weighted by molar-refractivity contribution is 0.0952. The van der Waals surface area contributed by atoms with Crippen LogP contribution < -0.4 is 10.6 Å². The minimum atomic E-state index is -1.68. The van der Waals surface area contributed by atoms with E-state index in [1.807, 2.05) is 0 Å². The maximum absolute atomic E-state index is 13.8. The molecule has 2 amide bonds. The zero-order valence-corrected chi connectivity index (χ0v) is 14.3. The summed E-state index contributed by atoms with van der Waals surface area (Å²) in [5.41, 5.74) is 0.218. The molecule has 0 saturated carbocycles. The standard InChI is InChI=1S/C18H17F3N4O2/c1-2-8-22-17(26)15-12-5-3-4-9-25(12)16(24-15)18(27)23-11-7-6-10(19)13(20)14(11)21/h2,6-7H,1,3-5,8-9H2,(H,22,26)(H,23,27). The molecule has 27 heavy (non-hydrogen) atoms. The summed E-state index contributed by atoms with van der Waals surface area (Å²) in [6, 6.07) is 1.63. The summed E-state index contributed by atoms with van der Waals surface area (Å²) in [5.74, 6) is -5.88.